The van der Waals surface area contributed by atoms with Crippen LogP contribution in [0.15, 0.2) is 0 Å². The van der Waals surface area contributed by atoms with Crippen LogP contribution < -0.4 is 5.32 Å². The molecule has 0 aliphatic heterocycles. The molecular weight excluding hydrogens is 226 g/mol. The maximum atomic E-state index is 4.18. The summed E-state index contributed by atoms with van der Waals surface area (Å²) in [4.78, 5) is 0. The van der Waals surface area contributed by atoms with E-state index in [2.05, 4.69) is 48.5 Å². The molecule has 0 aromatic carbocycles. The summed E-state index contributed by atoms with van der Waals surface area (Å²) in [5.41, 5.74) is 0.0907. The number of hydrogen-bond acceptors (Lipinski definition) is 4. The molecule has 102 valence electrons. The lowest BCUT2D eigenvalue weighted by Gasteiger charge is -2.23. The molecule has 1 unspecified atom stereocenters. The highest BCUT2D eigenvalue weighted by Crippen LogP contribution is 2.33. The van der Waals surface area contributed by atoms with Crippen LogP contribution in [-0.2, 0) is 6.54 Å². The SMILES string of the molecule is CC(C1CCCC1)n1nnnc1CNC(C)(C)C. The molecule has 5 nitrogen and oxygen atoms in total. The summed E-state index contributed by atoms with van der Waals surface area (Å²) < 4.78 is 2.01. The van der Waals surface area contributed by atoms with E-state index in [1.54, 1.807) is 0 Å². The third kappa shape index (κ3) is 3.28. The molecule has 0 saturated heterocycles. The van der Waals surface area contributed by atoms with E-state index in [1.165, 1.54) is 25.7 Å². The van der Waals surface area contributed by atoms with E-state index < -0.39 is 0 Å². The van der Waals surface area contributed by atoms with Gasteiger partial charge in [-0.05, 0) is 56.9 Å². The lowest BCUT2D eigenvalue weighted by Crippen LogP contribution is -2.36. The zero-order valence-electron chi connectivity index (χ0n) is 12.0. The predicted octanol–water partition coefficient (Wildman–Crippen LogP) is 2.31. The molecule has 1 aromatic heterocycles. The Morgan fingerprint density at radius 3 is 2.61 bits per heavy atom. The fourth-order valence-electron chi connectivity index (χ4n) is 2.63. The van der Waals surface area contributed by atoms with Crippen molar-refractivity contribution in [3.05, 3.63) is 5.82 Å². The van der Waals surface area contributed by atoms with Crippen LogP contribution in [0, 0.1) is 5.92 Å². The molecule has 0 radical (unpaired) electrons. The third-order valence-electron chi connectivity index (χ3n) is 3.81. The van der Waals surface area contributed by atoms with Crippen LogP contribution in [0.4, 0.5) is 0 Å². The Hall–Kier alpha value is -0.970. The van der Waals surface area contributed by atoms with Gasteiger partial charge in [0.1, 0.15) is 0 Å². The summed E-state index contributed by atoms with van der Waals surface area (Å²) in [5, 5.41) is 15.6. The van der Waals surface area contributed by atoms with Crippen molar-refractivity contribution in [2.24, 2.45) is 5.92 Å². The quantitative estimate of drug-likeness (QED) is 0.892. The van der Waals surface area contributed by atoms with Crippen molar-refractivity contribution in [1.29, 1.82) is 0 Å². The molecule has 18 heavy (non-hydrogen) atoms. The van der Waals surface area contributed by atoms with Gasteiger partial charge in [0.25, 0.3) is 0 Å². The summed E-state index contributed by atoms with van der Waals surface area (Å²) in [6, 6.07) is 0.416. The van der Waals surface area contributed by atoms with Crippen LogP contribution in [0.1, 0.15) is 65.2 Å². The van der Waals surface area contributed by atoms with Crippen molar-refractivity contribution in [3.63, 3.8) is 0 Å². The fourth-order valence-corrected chi connectivity index (χ4v) is 2.63. The number of hydrogen-bond donors (Lipinski definition) is 1. The largest absolute Gasteiger partial charge is 0.305 e. The van der Waals surface area contributed by atoms with E-state index in [1.807, 2.05) is 4.68 Å². The lowest BCUT2D eigenvalue weighted by atomic mass is 10.00. The van der Waals surface area contributed by atoms with Gasteiger partial charge in [0.05, 0.1) is 12.6 Å². The number of nitrogens with zero attached hydrogens (tertiary/aromatic N) is 4. The van der Waals surface area contributed by atoms with Gasteiger partial charge in [0, 0.05) is 5.54 Å². The van der Waals surface area contributed by atoms with Crippen molar-refractivity contribution >= 4 is 0 Å². The van der Waals surface area contributed by atoms with Crippen molar-refractivity contribution in [2.45, 2.75) is 71.5 Å². The average molecular weight is 251 g/mol. The van der Waals surface area contributed by atoms with Crippen molar-refractivity contribution in [2.75, 3.05) is 0 Å². The van der Waals surface area contributed by atoms with Crippen molar-refractivity contribution in [3.8, 4) is 0 Å². The molecule has 1 N–H and O–H groups in total. The Kier molecular flexibility index (Phi) is 4.00. The first kappa shape index (κ1) is 13.5. The van der Waals surface area contributed by atoms with E-state index >= 15 is 0 Å². The van der Waals surface area contributed by atoms with Gasteiger partial charge >= 0.3 is 0 Å². The van der Waals surface area contributed by atoms with Crippen LogP contribution in [0.5, 0.6) is 0 Å². The van der Waals surface area contributed by atoms with E-state index in [0.717, 1.165) is 18.3 Å². The van der Waals surface area contributed by atoms with E-state index in [9.17, 15) is 0 Å². The van der Waals surface area contributed by atoms with Crippen LogP contribution in [0.3, 0.4) is 0 Å². The first-order valence-corrected chi connectivity index (χ1v) is 6.99. The topological polar surface area (TPSA) is 55.6 Å². The van der Waals surface area contributed by atoms with Crippen LogP contribution in [0.2, 0.25) is 0 Å². The molecule has 1 fully saturated rings. The minimum atomic E-state index is 0.0907. The standard InChI is InChI=1S/C13H25N5/c1-10(11-7-5-6-8-11)18-12(15-16-17-18)9-14-13(2,3)4/h10-11,14H,5-9H2,1-4H3. The highest BCUT2D eigenvalue weighted by Gasteiger charge is 2.25. The molecule has 0 amide bonds. The second-order valence-electron chi connectivity index (χ2n) is 6.43. The van der Waals surface area contributed by atoms with Crippen LogP contribution >= 0.6 is 0 Å². The smallest absolute Gasteiger partial charge is 0.165 e. The molecule has 0 spiro atoms. The highest BCUT2D eigenvalue weighted by molar-refractivity contribution is 4.88. The number of aromatic nitrogens is 4. The molecule has 0 bridgehead atoms. The molecule has 1 saturated carbocycles. The van der Waals surface area contributed by atoms with Gasteiger partial charge in [-0.3, -0.25) is 0 Å². The van der Waals surface area contributed by atoms with E-state index in [-0.39, 0.29) is 5.54 Å². The maximum Gasteiger partial charge on any atom is 0.165 e. The number of tetrazole rings is 1. The van der Waals surface area contributed by atoms with Gasteiger partial charge in [0.2, 0.25) is 0 Å². The Balaban J connectivity index is 2.02. The Labute approximate surface area is 109 Å². The second-order valence-corrected chi connectivity index (χ2v) is 6.43. The first-order valence-electron chi connectivity index (χ1n) is 6.99. The number of rotatable bonds is 4. The van der Waals surface area contributed by atoms with E-state index in [0.29, 0.717) is 6.04 Å². The van der Waals surface area contributed by atoms with Crippen molar-refractivity contribution < 1.29 is 0 Å². The average Bonchev–Trinajstić information content (AvgIpc) is 2.95. The minimum Gasteiger partial charge on any atom is -0.305 e. The summed E-state index contributed by atoms with van der Waals surface area (Å²) in [6.07, 6.45) is 5.33. The molecule has 5 heteroatoms. The molecular formula is C13H25N5. The highest BCUT2D eigenvalue weighted by atomic mass is 15.6. The summed E-state index contributed by atoms with van der Waals surface area (Å²) in [7, 11) is 0. The second kappa shape index (κ2) is 5.34. The number of nitrogens with one attached hydrogen (secondary N) is 1. The van der Waals surface area contributed by atoms with Crippen molar-refractivity contribution in [1.82, 2.24) is 25.5 Å². The summed E-state index contributed by atoms with van der Waals surface area (Å²) in [6.45, 7) is 9.44. The molecule has 2 rings (SSSR count). The molecule has 1 atom stereocenters. The minimum absolute atomic E-state index is 0.0907. The Bertz CT molecular complexity index is 373. The fraction of sp³-hybridized carbons (Fsp3) is 0.923. The monoisotopic (exact) mass is 251 g/mol. The van der Waals surface area contributed by atoms with Gasteiger partial charge in [0.15, 0.2) is 5.82 Å². The van der Waals surface area contributed by atoms with Gasteiger partial charge in [-0.25, -0.2) is 4.68 Å². The zero-order chi connectivity index (χ0) is 13.2. The molecule has 1 aliphatic carbocycles. The zero-order valence-corrected chi connectivity index (χ0v) is 12.0. The van der Waals surface area contributed by atoms with E-state index in [4.69, 9.17) is 0 Å². The summed E-state index contributed by atoms with van der Waals surface area (Å²) in [5.74, 6) is 1.69. The van der Waals surface area contributed by atoms with Gasteiger partial charge in [-0.2, -0.15) is 0 Å². The molecule has 1 aliphatic rings. The normalized spacial score (nSPS) is 19.3. The van der Waals surface area contributed by atoms with Gasteiger partial charge < -0.3 is 5.32 Å². The molecule has 1 heterocycles. The Morgan fingerprint density at radius 1 is 1.33 bits per heavy atom. The Morgan fingerprint density at radius 2 is 2.00 bits per heavy atom. The van der Waals surface area contributed by atoms with Crippen LogP contribution in [-0.4, -0.2) is 25.7 Å². The van der Waals surface area contributed by atoms with Gasteiger partial charge in [-0.15, -0.1) is 5.10 Å². The third-order valence-corrected chi connectivity index (χ3v) is 3.81. The molecule has 1 aromatic rings. The first-order chi connectivity index (χ1) is 8.47. The lowest BCUT2D eigenvalue weighted by molar-refractivity contribution is 0.313. The predicted molar refractivity (Wildman–Crippen MR) is 71.1 cm³/mol. The van der Waals surface area contributed by atoms with Crippen LogP contribution in [0.25, 0.3) is 0 Å². The summed E-state index contributed by atoms with van der Waals surface area (Å²) >= 11 is 0. The maximum absolute atomic E-state index is 4.18. The van der Waals surface area contributed by atoms with Gasteiger partial charge in [-0.1, -0.05) is 12.8 Å².